The molecule has 0 bridgehead atoms. The maximum absolute atomic E-state index is 13.5. The molecule has 0 aliphatic rings. The van der Waals surface area contributed by atoms with Gasteiger partial charge in [0, 0.05) is 5.69 Å². The number of carbonyl (C=O) groups excluding carboxylic acids is 2. The molecule has 1 N–H and O–H groups in total. The normalized spacial score (nSPS) is 10.9. The molecule has 3 aromatic carbocycles. The summed E-state index contributed by atoms with van der Waals surface area (Å²) in [5, 5.41) is 2.73. The monoisotopic (exact) mass is 496 g/mol. The molecule has 184 valence electrons. The van der Waals surface area contributed by atoms with Gasteiger partial charge in [0.25, 0.3) is 10.0 Å². The third-order valence-corrected chi connectivity index (χ3v) is 6.95. The third kappa shape index (κ3) is 6.19. The van der Waals surface area contributed by atoms with E-state index >= 15 is 0 Å². The molecule has 0 saturated carbocycles. The van der Waals surface area contributed by atoms with Crippen LogP contribution in [-0.4, -0.2) is 40.1 Å². The highest BCUT2D eigenvalue weighted by molar-refractivity contribution is 7.92. The van der Waals surface area contributed by atoms with Crippen molar-refractivity contribution in [2.24, 2.45) is 0 Å². The van der Waals surface area contributed by atoms with E-state index in [0.29, 0.717) is 34.9 Å². The largest absolute Gasteiger partial charge is 0.494 e. The second kappa shape index (κ2) is 11.5. The number of nitrogens with zero attached hydrogens (tertiary/aromatic N) is 1. The second-order valence-corrected chi connectivity index (χ2v) is 9.36. The number of nitrogens with one attached hydrogen (secondary N) is 1. The zero-order chi connectivity index (χ0) is 25.4. The fourth-order valence-corrected chi connectivity index (χ4v) is 4.87. The van der Waals surface area contributed by atoms with Gasteiger partial charge in [-0.15, -0.1) is 0 Å². The minimum atomic E-state index is -4.05. The summed E-state index contributed by atoms with van der Waals surface area (Å²) in [6.07, 6.45) is 0. The average Bonchev–Trinajstić information content (AvgIpc) is 2.85. The van der Waals surface area contributed by atoms with E-state index in [1.54, 1.807) is 74.5 Å². The molecule has 8 nitrogen and oxygen atoms in total. The Balaban J connectivity index is 1.91. The molecule has 3 aromatic rings. The molecule has 0 heterocycles. The van der Waals surface area contributed by atoms with Crippen LogP contribution in [0.25, 0.3) is 0 Å². The lowest BCUT2D eigenvalue weighted by molar-refractivity contribution is -0.114. The number of hydrogen-bond acceptors (Lipinski definition) is 6. The van der Waals surface area contributed by atoms with Crippen LogP contribution >= 0.6 is 0 Å². The fraction of sp³-hybridized carbons (Fsp3) is 0.231. The molecule has 1 amide bonds. The van der Waals surface area contributed by atoms with Gasteiger partial charge in [-0.1, -0.05) is 24.3 Å². The summed E-state index contributed by atoms with van der Waals surface area (Å²) in [5.41, 5.74) is 1.55. The summed E-state index contributed by atoms with van der Waals surface area (Å²) in [5.74, 6) is -0.476. The van der Waals surface area contributed by atoms with Gasteiger partial charge < -0.3 is 14.8 Å². The van der Waals surface area contributed by atoms with Crippen molar-refractivity contribution < 1.29 is 27.5 Å². The molecule has 9 heteroatoms. The first-order valence-electron chi connectivity index (χ1n) is 11.1. The lowest BCUT2D eigenvalue weighted by atomic mass is 10.1. The maximum Gasteiger partial charge on any atom is 0.338 e. The van der Waals surface area contributed by atoms with Crippen LogP contribution in [0.5, 0.6) is 5.75 Å². The van der Waals surface area contributed by atoms with Gasteiger partial charge in [-0.3, -0.25) is 9.10 Å². The summed E-state index contributed by atoms with van der Waals surface area (Å²) in [4.78, 5) is 25.3. The highest BCUT2D eigenvalue weighted by Gasteiger charge is 2.27. The number of anilines is 2. The highest BCUT2D eigenvalue weighted by atomic mass is 32.2. The Bertz CT molecular complexity index is 1270. The fourth-order valence-electron chi connectivity index (χ4n) is 3.43. The summed E-state index contributed by atoms with van der Waals surface area (Å²) in [7, 11) is -4.05. The Morgan fingerprint density at radius 3 is 2.20 bits per heavy atom. The Morgan fingerprint density at radius 2 is 1.57 bits per heavy atom. The van der Waals surface area contributed by atoms with Crippen LogP contribution in [0, 0.1) is 6.92 Å². The number of rotatable bonds is 10. The molecule has 0 aliphatic carbocycles. The van der Waals surface area contributed by atoms with Crippen LogP contribution in [0.2, 0.25) is 0 Å². The van der Waals surface area contributed by atoms with Crippen LogP contribution in [0.1, 0.15) is 29.8 Å². The summed E-state index contributed by atoms with van der Waals surface area (Å²) in [6.45, 7) is 5.47. The van der Waals surface area contributed by atoms with Gasteiger partial charge in [-0.05, 0) is 74.9 Å². The number of amides is 1. The predicted molar refractivity (Wildman–Crippen MR) is 134 cm³/mol. The average molecular weight is 497 g/mol. The van der Waals surface area contributed by atoms with E-state index in [-0.39, 0.29) is 11.5 Å². The molecule has 0 spiro atoms. The Labute approximate surface area is 205 Å². The van der Waals surface area contributed by atoms with Crippen LogP contribution in [0.3, 0.4) is 0 Å². The van der Waals surface area contributed by atoms with Crippen LogP contribution in [-0.2, 0) is 19.6 Å². The first-order valence-corrected chi connectivity index (χ1v) is 12.6. The molecule has 3 rings (SSSR count). The van der Waals surface area contributed by atoms with Crippen molar-refractivity contribution in [3.05, 3.63) is 83.9 Å². The first kappa shape index (κ1) is 25.8. The van der Waals surface area contributed by atoms with Crippen molar-refractivity contribution in [1.82, 2.24) is 0 Å². The van der Waals surface area contributed by atoms with E-state index in [1.165, 1.54) is 12.1 Å². The molecule has 35 heavy (non-hydrogen) atoms. The second-order valence-electron chi connectivity index (χ2n) is 7.50. The van der Waals surface area contributed by atoms with E-state index < -0.39 is 28.4 Å². The third-order valence-electron chi connectivity index (χ3n) is 5.16. The molecular weight excluding hydrogens is 468 g/mol. The van der Waals surface area contributed by atoms with Crippen molar-refractivity contribution in [3.8, 4) is 5.75 Å². The lowest BCUT2D eigenvalue weighted by Crippen LogP contribution is -2.38. The van der Waals surface area contributed by atoms with Gasteiger partial charge in [0.1, 0.15) is 12.3 Å². The van der Waals surface area contributed by atoms with Crippen molar-refractivity contribution in [3.63, 3.8) is 0 Å². The number of esters is 1. The highest BCUT2D eigenvalue weighted by Crippen LogP contribution is 2.26. The molecule has 0 atom stereocenters. The van der Waals surface area contributed by atoms with Crippen molar-refractivity contribution >= 4 is 33.3 Å². The minimum absolute atomic E-state index is 0.0576. The number of carbonyl (C=O) groups is 2. The first-order chi connectivity index (χ1) is 16.8. The van der Waals surface area contributed by atoms with Gasteiger partial charge in [-0.25, -0.2) is 13.2 Å². The SMILES string of the molecule is CCOC(=O)c1cccc(NC(=O)CN(c2ccc(OCC)cc2)S(=O)(=O)c2ccccc2)c1C. The number of ether oxygens (including phenoxy) is 2. The Hall–Kier alpha value is -3.85. The van der Waals surface area contributed by atoms with Crippen LogP contribution < -0.4 is 14.4 Å². The lowest BCUT2D eigenvalue weighted by Gasteiger charge is -2.24. The van der Waals surface area contributed by atoms with Crippen LogP contribution in [0.4, 0.5) is 11.4 Å². The van der Waals surface area contributed by atoms with Crippen molar-refractivity contribution in [2.45, 2.75) is 25.7 Å². The van der Waals surface area contributed by atoms with E-state index in [9.17, 15) is 18.0 Å². The Kier molecular flexibility index (Phi) is 8.48. The van der Waals surface area contributed by atoms with Gasteiger partial charge in [0.2, 0.25) is 5.91 Å². The zero-order valence-electron chi connectivity index (χ0n) is 19.9. The van der Waals surface area contributed by atoms with Crippen molar-refractivity contribution in [2.75, 3.05) is 29.4 Å². The molecule has 0 aromatic heterocycles. The van der Waals surface area contributed by atoms with E-state index in [1.807, 2.05) is 6.92 Å². The van der Waals surface area contributed by atoms with Gasteiger partial charge in [-0.2, -0.15) is 0 Å². The van der Waals surface area contributed by atoms with Crippen molar-refractivity contribution in [1.29, 1.82) is 0 Å². The van der Waals surface area contributed by atoms with Gasteiger partial charge >= 0.3 is 5.97 Å². The van der Waals surface area contributed by atoms with E-state index in [0.717, 1.165) is 4.31 Å². The topological polar surface area (TPSA) is 102 Å². The minimum Gasteiger partial charge on any atom is -0.494 e. The summed E-state index contributed by atoms with van der Waals surface area (Å²) in [6, 6.07) is 19.2. The number of benzene rings is 3. The Morgan fingerprint density at radius 1 is 0.886 bits per heavy atom. The maximum atomic E-state index is 13.5. The number of hydrogen-bond donors (Lipinski definition) is 1. The standard InChI is InChI=1S/C26H28N2O6S/c1-4-33-21-16-14-20(15-17-21)28(35(31,32)22-10-7-6-8-11-22)18-25(29)27-24-13-9-12-23(19(24)3)26(30)34-5-2/h6-17H,4-5,18H2,1-3H3,(H,27,29). The summed E-state index contributed by atoms with van der Waals surface area (Å²) >= 11 is 0. The molecule has 0 unspecified atom stereocenters. The molecule has 0 radical (unpaired) electrons. The summed E-state index contributed by atoms with van der Waals surface area (Å²) < 4.78 is 38.5. The molecule has 0 saturated heterocycles. The van der Waals surface area contributed by atoms with Gasteiger partial charge in [0.05, 0.1) is 29.4 Å². The van der Waals surface area contributed by atoms with E-state index in [2.05, 4.69) is 5.32 Å². The smallest absolute Gasteiger partial charge is 0.338 e. The molecule has 0 fully saturated rings. The van der Waals surface area contributed by atoms with Gasteiger partial charge in [0.15, 0.2) is 0 Å². The molecule has 0 aliphatic heterocycles. The van der Waals surface area contributed by atoms with E-state index in [4.69, 9.17) is 9.47 Å². The number of sulfonamides is 1. The molecular formula is C26H28N2O6S. The zero-order valence-corrected chi connectivity index (χ0v) is 20.7. The quantitative estimate of drug-likeness (QED) is 0.417. The predicted octanol–water partition coefficient (Wildman–Crippen LogP) is 4.40. The van der Waals surface area contributed by atoms with Crippen LogP contribution in [0.15, 0.2) is 77.7 Å².